The number of nitrogens with one attached hydrogen (secondary N) is 2. The fourth-order valence-corrected chi connectivity index (χ4v) is 2.56. The van der Waals surface area contributed by atoms with Crippen molar-refractivity contribution in [3.05, 3.63) is 53.9 Å². The first-order valence-corrected chi connectivity index (χ1v) is 9.47. The summed E-state index contributed by atoms with van der Waals surface area (Å²) < 4.78 is 4.98. The largest absolute Gasteiger partial charge is 0.462 e. The second-order valence-electron chi connectivity index (χ2n) is 6.52. The zero-order valence-electron chi connectivity index (χ0n) is 16.6. The third kappa shape index (κ3) is 7.00. The molecule has 2 rings (SSSR count). The van der Waals surface area contributed by atoms with Gasteiger partial charge in [0.05, 0.1) is 30.1 Å². The number of ether oxygens (including phenoxy) is 1. The number of rotatable bonds is 9. The Morgan fingerprint density at radius 3 is 2.52 bits per heavy atom. The molecular formula is C21H26N4O4. The summed E-state index contributed by atoms with van der Waals surface area (Å²) in [6.07, 6.45) is 4.53. The van der Waals surface area contributed by atoms with Crippen LogP contribution in [-0.4, -0.2) is 35.4 Å². The average Bonchev–Trinajstić information content (AvgIpc) is 2.69. The summed E-state index contributed by atoms with van der Waals surface area (Å²) in [5, 5.41) is 5.44. The van der Waals surface area contributed by atoms with Crippen LogP contribution >= 0.6 is 0 Å². The highest BCUT2D eigenvalue weighted by atomic mass is 16.5. The van der Waals surface area contributed by atoms with Gasteiger partial charge in [-0.3, -0.25) is 14.6 Å². The molecule has 1 atom stereocenters. The third-order valence-corrected chi connectivity index (χ3v) is 4.09. The van der Waals surface area contributed by atoms with Crippen molar-refractivity contribution in [1.82, 2.24) is 4.98 Å². The molecule has 8 nitrogen and oxygen atoms in total. The van der Waals surface area contributed by atoms with E-state index in [-0.39, 0.29) is 24.0 Å². The number of aryl methyl sites for hydroxylation is 1. The Labute approximate surface area is 169 Å². The van der Waals surface area contributed by atoms with Crippen LogP contribution in [0.1, 0.15) is 42.6 Å². The highest BCUT2D eigenvalue weighted by Gasteiger charge is 2.14. The van der Waals surface area contributed by atoms with E-state index in [1.54, 1.807) is 26.0 Å². The van der Waals surface area contributed by atoms with E-state index in [1.807, 2.05) is 12.1 Å². The summed E-state index contributed by atoms with van der Waals surface area (Å²) in [4.78, 5) is 39.7. The fourth-order valence-electron chi connectivity index (χ4n) is 2.56. The van der Waals surface area contributed by atoms with Crippen molar-refractivity contribution >= 4 is 29.2 Å². The number of nitrogens with two attached hydrogens (primary N) is 1. The van der Waals surface area contributed by atoms with Crippen molar-refractivity contribution in [2.45, 2.75) is 39.2 Å². The van der Waals surface area contributed by atoms with Gasteiger partial charge >= 0.3 is 5.97 Å². The zero-order valence-corrected chi connectivity index (χ0v) is 16.6. The smallest absolute Gasteiger partial charge is 0.340 e. The van der Waals surface area contributed by atoms with Gasteiger partial charge in [-0.2, -0.15) is 0 Å². The van der Waals surface area contributed by atoms with E-state index in [9.17, 15) is 14.4 Å². The molecule has 0 saturated heterocycles. The Morgan fingerprint density at radius 2 is 1.86 bits per heavy atom. The van der Waals surface area contributed by atoms with E-state index < -0.39 is 12.0 Å². The molecule has 1 heterocycles. The average molecular weight is 398 g/mol. The summed E-state index contributed by atoms with van der Waals surface area (Å²) in [5.74, 6) is -0.946. The number of hydrogen-bond acceptors (Lipinski definition) is 6. The summed E-state index contributed by atoms with van der Waals surface area (Å²) in [7, 11) is 0. The lowest BCUT2D eigenvalue weighted by atomic mass is 10.1. The Balaban J connectivity index is 1.83. The van der Waals surface area contributed by atoms with Gasteiger partial charge in [0.1, 0.15) is 0 Å². The number of carbonyl (C=O) groups excluding carboxylic acids is 3. The first-order valence-electron chi connectivity index (χ1n) is 9.47. The molecular weight excluding hydrogens is 372 g/mol. The van der Waals surface area contributed by atoms with Gasteiger partial charge in [-0.1, -0.05) is 12.1 Å². The molecule has 0 bridgehead atoms. The normalized spacial score (nSPS) is 11.4. The van der Waals surface area contributed by atoms with E-state index in [2.05, 4.69) is 15.6 Å². The van der Waals surface area contributed by atoms with E-state index in [0.29, 0.717) is 30.6 Å². The minimum atomic E-state index is -0.572. The van der Waals surface area contributed by atoms with Crippen LogP contribution in [0.5, 0.6) is 0 Å². The molecule has 0 radical (unpaired) electrons. The fraction of sp³-hybridized carbons (Fsp3) is 0.333. The maximum atomic E-state index is 12.2. The maximum Gasteiger partial charge on any atom is 0.340 e. The quantitative estimate of drug-likeness (QED) is 0.558. The van der Waals surface area contributed by atoms with E-state index >= 15 is 0 Å². The lowest BCUT2D eigenvalue weighted by Gasteiger charge is -2.10. The SMILES string of the molecule is CCOC(=O)c1ccncc1NC(=O)CCCc1ccc(NC(=O)C(C)N)cc1. The molecule has 0 aliphatic carbocycles. The standard InChI is InChI=1S/C21H26N4O4/c1-3-29-21(28)17-11-12-23-13-18(17)25-19(26)6-4-5-15-7-9-16(10-8-15)24-20(27)14(2)22/h7-14H,3-6,22H2,1-2H3,(H,24,27)(H,25,26). The number of pyridine rings is 1. The molecule has 0 aliphatic rings. The molecule has 1 unspecified atom stereocenters. The highest BCUT2D eigenvalue weighted by molar-refractivity contribution is 6.01. The molecule has 0 saturated carbocycles. The molecule has 0 spiro atoms. The van der Waals surface area contributed by atoms with Gasteiger partial charge in [0.2, 0.25) is 11.8 Å². The Kier molecular flexibility index (Phi) is 8.29. The second kappa shape index (κ2) is 10.9. The molecule has 0 aliphatic heterocycles. The van der Waals surface area contributed by atoms with Crippen molar-refractivity contribution in [2.24, 2.45) is 5.73 Å². The van der Waals surface area contributed by atoms with Crippen molar-refractivity contribution in [1.29, 1.82) is 0 Å². The maximum absolute atomic E-state index is 12.2. The molecule has 29 heavy (non-hydrogen) atoms. The number of amides is 2. The van der Waals surface area contributed by atoms with E-state index in [1.165, 1.54) is 18.5 Å². The monoisotopic (exact) mass is 398 g/mol. The number of carbonyl (C=O) groups is 3. The summed E-state index contributed by atoms with van der Waals surface area (Å²) in [6.45, 7) is 3.59. The minimum Gasteiger partial charge on any atom is -0.462 e. The molecule has 154 valence electrons. The molecule has 2 amide bonds. The van der Waals surface area contributed by atoms with Crippen LogP contribution < -0.4 is 16.4 Å². The number of nitrogens with zero attached hydrogens (tertiary/aromatic N) is 1. The second-order valence-corrected chi connectivity index (χ2v) is 6.52. The first kappa shape index (κ1) is 22.0. The van der Waals surface area contributed by atoms with Gasteiger partial charge in [0.25, 0.3) is 0 Å². The molecule has 8 heteroatoms. The van der Waals surface area contributed by atoms with Gasteiger partial charge in [0, 0.05) is 18.3 Å². The van der Waals surface area contributed by atoms with Crippen molar-refractivity contribution in [2.75, 3.05) is 17.2 Å². The summed E-state index contributed by atoms with van der Waals surface area (Å²) in [6, 6.07) is 8.34. The lowest BCUT2D eigenvalue weighted by molar-refractivity contribution is -0.117. The van der Waals surface area contributed by atoms with Crippen LogP contribution in [0.25, 0.3) is 0 Å². The van der Waals surface area contributed by atoms with Crippen LogP contribution in [-0.2, 0) is 20.7 Å². The molecule has 1 aromatic carbocycles. The molecule has 0 fully saturated rings. The van der Waals surface area contributed by atoms with Gasteiger partial charge in [-0.05, 0) is 50.5 Å². The van der Waals surface area contributed by atoms with Gasteiger partial charge in [-0.15, -0.1) is 0 Å². The number of hydrogen-bond donors (Lipinski definition) is 3. The number of anilines is 2. The van der Waals surface area contributed by atoms with Crippen molar-refractivity contribution in [3.63, 3.8) is 0 Å². The minimum absolute atomic E-state index is 0.204. The number of benzene rings is 1. The highest BCUT2D eigenvalue weighted by Crippen LogP contribution is 2.16. The molecule has 4 N–H and O–H groups in total. The topological polar surface area (TPSA) is 123 Å². The third-order valence-electron chi connectivity index (χ3n) is 4.09. The summed E-state index contributed by atoms with van der Waals surface area (Å²) >= 11 is 0. The number of aromatic nitrogens is 1. The van der Waals surface area contributed by atoms with Crippen molar-refractivity contribution in [3.8, 4) is 0 Å². The number of esters is 1. The van der Waals surface area contributed by atoms with Crippen LogP contribution in [0.3, 0.4) is 0 Å². The van der Waals surface area contributed by atoms with E-state index in [4.69, 9.17) is 10.5 Å². The predicted molar refractivity (Wildman–Crippen MR) is 110 cm³/mol. The Hall–Kier alpha value is -3.26. The van der Waals surface area contributed by atoms with Gasteiger partial charge in [0.15, 0.2) is 0 Å². The molecule has 1 aromatic heterocycles. The van der Waals surface area contributed by atoms with Crippen LogP contribution in [0.2, 0.25) is 0 Å². The van der Waals surface area contributed by atoms with Crippen LogP contribution in [0.4, 0.5) is 11.4 Å². The summed E-state index contributed by atoms with van der Waals surface area (Å²) in [5.41, 5.74) is 7.86. The predicted octanol–water partition coefficient (Wildman–Crippen LogP) is 2.51. The Morgan fingerprint density at radius 1 is 1.14 bits per heavy atom. The zero-order chi connectivity index (χ0) is 21.2. The van der Waals surface area contributed by atoms with Gasteiger partial charge < -0.3 is 21.1 Å². The van der Waals surface area contributed by atoms with Crippen molar-refractivity contribution < 1.29 is 19.1 Å². The van der Waals surface area contributed by atoms with Crippen LogP contribution in [0, 0.1) is 0 Å². The Bertz CT molecular complexity index is 850. The van der Waals surface area contributed by atoms with Crippen LogP contribution in [0.15, 0.2) is 42.7 Å². The lowest BCUT2D eigenvalue weighted by Crippen LogP contribution is -2.32. The van der Waals surface area contributed by atoms with E-state index in [0.717, 1.165) is 5.56 Å². The molecule has 2 aromatic rings. The van der Waals surface area contributed by atoms with Gasteiger partial charge in [-0.25, -0.2) is 4.79 Å². The first-order chi connectivity index (χ1) is 13.9.